The third-order valence-corrected chi connectivity index (χ3v) is 3.66. The zero-order valence-electron chi connectivity index (χ0n) is 11.4. The summed E-state index contributed by atoms with van der Waals surface area (Å²) in [6.45, 7) is 9.81. The summed E-state index contributed by atoms with van der Waals surface area (Å²) in [7, 11) is 0. The van der Waals surface area contributed by atoms with Crippen molar-refractivity contribution in [3.8, 4) is 0 Å². The van der Waals surface area contributed by atoms with Crippen LogP contribution in [0.15, 0.2) is 12.2 Å². The number of piperidine rings is 1. The molecule has 0 bridgehead atoms. The van der Waals surface area contributed by atoms with Gasteiger partial charge in [0.2, 0.25) is 5.91 Å². The van der Waals surface area contributed by atoms with E-state index in [2.05, 4.69) is 22.1 Å². The third kappa shape index (κ3) is 4.78. The summed E-state index contributed by atoms with van der Waals surface area (Å²) < 4.78 is 0. The molecule has 4 nitrogen and oxygen atoms in total. The number of nitrogens with one attached hydrogen (secondary N) is 2. The van der Waals surface area contributed by atoms with Gasteiger partial charge in [-0.15, -0.1) is 0 Å². The number of carbonyl (C=O) groups is 1. The largest absolute Gasteiger partial charge is 0.354 e. The number of nitrogens with zero attached hydrogens (tertiary/aromatic N) is 1. The van der Waals surface area contributed by atoms with Gasteiger partial charge >= 0.3 is 0 Å². The monoisotopic (exact) mass is 251 g/mol. The standard InChI is InChI=1S/C14H25N3O/c1-11(9-15-13-3-4-13)10-17-7-5-14(6-8-17)16-12(2)18/h13-15H,1,3-10H2,2H3,(H,16,18). The first-order valence-corrected chi connectivity index (χ1v) is 7.03. The lowest BCUT2D eigenvalue weighted by atomic mass is 10.0. The van der Waals surface area contributed by atoms with E-state index >= 15 is 0 Å². The zero-order valence-corrected chi connectivity index (χ0v) is 11.4. The van der Waals surface area contributed by atoms with Gasteiger partial charge < -0.3 is 10.6 Å². The van der Waals surface area contributed by atoms with E-state index in [1.807, 2.05) is 0 Å². The second-order valence-corrected chi connectivity index (χ2v) is 5.66. The summed E-state index contributed by atoms with van der Waals surface area (Å²) >= 11 is 0. The number of carbonyl (C=O) groups excluding carboxylic acids is 1. The number of hydrogen-bond acceptors (Lipinski definition) is 3. The topological polar surface area (TPSA) is 44.4 Å². The second-order valence-electron chi connectivity index (χ2n) is 5.66. The number of likely N-dealkylation sites (tertiary alicyclic amines) is 1. The Bertz CT molecular complexity index is 304. The van der Waals surface area contributed by atoms with E-state index in [1.54, 1.807) is 6.92 Å². The van der Waals surface area contributed by atoms with Crippen molar-refractivity contribution in [1.29, 1.82) is 0 Å². The van der Waals surface area contributed by atoms with Gasteiger partial charge in [0, 0.05) is 45.2 Å². The summed E-state index contributed by atoms with van der Waals surface area (Å²) in [5.74, 6) is 0.0893. The van der Waals surface area contributed by atoms with Crippen molar-refractivity contribution in [2.24, 2.45) is 0 Å². The van der Waals surface area contributed by atoms with E-state index in [-0.39, 0.29) is 5.91 Å². The lowest BCUT2D eigenvalue weighted by Gasteiger charge is -2.32. The lowest BCUT2D eigenvalue weighted by molar-refractivity contribution is -0.119. The number of amides is 1. The maximum atomic E-state index is 11.0. The molecule has 0 aromatic heterocycles. The Morgan fingerprint density at radius 3 is 2.44 bits per heavy atom. The van der Waals surface area contributed by atoms with Gasteiger partial charge in [-0.3, -0.25) is 9.69 Å². The molecular weight excluding hydrogens is 226 g/mol. The maximum absolute atomic E-state index is 11.0. The van der Waals surface area contributed by atoms with Crippen molar-refractivity contribution in [2.75, 3.05) is 26.2 Å². The van der Waals surface area contributed by atoms with Gasteiger partial charge in [-0.05, 0) is 31.3 Å². The molecule has 1 aliphatic carbocycles. The van der Waals surface area contributed by atoms with Gasteiger partial charge in [-0.2, -0.15) is 0 Å². The van der Waals surface area contributed by atoms with Crippen LogP contribution in [0.1, 0.15) is 32.6 Å². The summed E-state index contributed by atoms with van der Waals surface area (Å²) in [5.41, 5.74) is 1.28. The fourth-order valence-electron chi connectivity index (χ4n) is 2.47. The molecule has 102 valence electrons. The lowest BCUT2D eigenvalue weighted by Crippen LogP contribution is -2.44. The predicted molar refractivity (Wildman–Crippen MR) is 73.4 cm³/mol. The van der Waals surface area contributed by atoms with Gasteiger partial charge in [0.15, 0.2) is 0 Å². The summed E-state index contributed by atoms with van der Waals surface area (Å²) in [6, 6.07) is 1.13. The SMILES string of the molecule is C=C(CNC1CC1)CN1CCC(NC(C)=O)CC1. The summed E-state index contributed by atoms with van der Waals surface area (Å²) in [5, 5.41) is 6.50. The van der Waals surface area contributed by atoms with Gasteiger partial charge in [0.05, 0.1) is 0 Å². The molecule has 0 atom stereocenters. The van der Waals surface area contributed by atoms with Crippen molar-refractivity contribution in [1.82, 2.24) is 15.5 Å². The fourth-order valence-corrected chi connectivity index (χ4v) is 2.47. The van der Waals surface area contributed by atoms with Crippen LogP contribution in [-0.2, 0) is 4.79 Å². The normalized spacial score (nSPS) is 21.8. The Labute approximate surface area is 110 Å². The minimum absolute atomic E-state index is 0.0893. The molecule has 1 amide bonds. The van der Waals surface area contributed by atoms with Crippen LogP contribution in [0, 0.1) is 0 Å². The molecule has 1 saturated carbocycles. The Kier molecular flexibility index (Phi) is 4.78. The Hall–Kier alpha value is -0.870. The molecule has 2 aliphatic rings. The van der Waals surface area contributed by atoms with Crippen LogP contribution >= 0.6 is 0 Å². The quantitative estimate of drug-likeness (QED) is 0.689. The first-order valence-electron chi connectivity index (χ1n) is 7.03. The highest BCUT2D eigenvalue weighted by Gasteiger charge is 2.22. The van der Waals surface area contributed by atoms with Crippen LogP contribution in [0.4, 0.5) is 0 Å². The van der Waals surface area contributed by atoms with Crippen molar-refractivity contribution in [3.63, 3.8) is 0 Å². The molecule has 2 N–H and O–H groups in total. The molecule has 0 spiro atoms. The van der Waals surface area contributed by atoms with Crippen molar-refractivity contribution < 1.29 is 4.79 Å². The predicted octanol–water partition coefficient (Wildman–Crippen LogP) is 0.895. The third-order valence-electron chi connectivity index (χ3n) is 3.66. The van der Waals surface area contributed by atoms with E-state index in [0.29, 0.717) is 6.04 Å². The molecule has 0 aromatic carbocycles. The number of rotatable bonds is 6. The van der Waals surface area contributed by atoms with Crippen LogP contribution in [0.25, 0.3) is 0 Å². The zero-order chi connectivity index (χ0) is 13.0. The Balaban J connectivity index is 1.60. The van der Waals surface area contributed by atoms with E-state index in [0.717, 1.165) is 45.1 Å². The molecule has 2 rings (SSSR count). The molecule has 2 fully saturated rings. The fraction of sp³-hybridized carbons (Fsp3) is 0.786. The van der Waals surface area contributed by atoms with Crippen LogP contribution in [0.3, 0.4) is 0 Å². The molecule has 1 aliphatic heterocycles. The molecular formula is C14H25N3O. The summed E-state index contributed by atoms with van der Waals surface area (Å²) in [6.07, 6.45) is 4.77. The second kappa shape index (κ2) is 6.34. The van der Waals surface area contributed by atoms with Gasteiger partial charge in [0.1, 0.15) is 0 Å². The first kappa shape index (κ1) is 13.6. The highest BCUT2D eigenvalue weighted by Crippen LogP contribution is 2.19. The molecule has 0 unspecified atom stereocenters. The van der Waals surface area contributed by atoms with E-state index in [9.17, 15) is 4.79 Å². The maximum Gasteiger partial charge on any atom is 0.217 e. The van der Waals surface area contributed by atoms with Gasteiger partial charge in [-0.1, -0.05) is 6.58 Å². The number of hydrogen-bond donors (Lipinski definition) is 2. The van der Waals surface area contributed by atoms with E-state index in [1.165, 1.54) is 18.4 Å². The van der Waals surface area contributed by atoms with E-state index in [4.69, 9.17) is 0 Å². The van der Waals surface area contributed by atoms with Crippen molar-refractivity contribution >= 4 is 5.91 Å². The smallest absolute Gasteiger partial charge is 0.217 e. The average Bonchev–Trinajstić information content (AvgIpc) is 3.12. The first-order chi connectivity index (χ1) is 8.63. The summed E-state index contributed by atoms with van der Waals surface area (Å²) in [4.78, 5) is 13.4. The van der Waals surface area contributed by atoms with Crippen LogP contribution in [-0.4, -0.2) is 49.1 Å². The minimum atomic E-state index is 0.0893. The van der Waals surface area contributed by atoms with Crippen molar-refractivity contribution in [3.05, 3.63) is 12.2 Å². The molecule has 0 radical (unpaired) electrons. The highest BCUT2D eigenvalue weighted by atomic mass is 16.1. The van der Waals surface area contributed by atoms with Crippen molar-refractivity contribution in [2.45, 2.75) is 44.7 Å². The van der Waals surface area contributed by atoms with E-state index < -0.39 is 0 Å². The molecule has 1 saturated heterocycles. The van der Waals surface area contributed by atoms with Crippen LogP contribution < -0.4 is 10.6 Å². The Morgan fingerprint density at radius 2 is 1.89 bits per heavy atom. The average molecular weight is 251 g/mol. The molecule has 1 heterocycles. The molecule has 18 heavy (non-hydrogen) atoms. The van der Waals surface area contributed by atoms with Crippen LogP contribution in [0.5, 0.6) is 0 Å². The van der Waals surface area contributed by atoms with Gasteiger partial charge in [-0.25, -0.2) is 0 Å². The molecule has 0 aromatic rings. The minimum Gasteiger partial charge on any atom is -0.354 e. The van der Waals surface area contributed by atoms with Gasteiger partial charge in [0.25, 0.3) is 0 Å². The van der Waals surface area contributed by atoms with Crippen LogP contribution in [0.2, 0.25) is 0 Å². The Morgan fingerprint density at radius 1 is 1.22 bits per heavy atom. The molecule has 4 heteroatoms. The highest BCUT2D eigenvalue weighted by molar-refractivity contribution is 5.73.